The Kier molecular flexibility index (Phi) is 4.78. The van der Waals surface area contributed by atoms with Gasteiger partial charge in [0.1, 0.15) is 5.75 Å². The van der Waals surface area contributed by atoms with E-state index < -0.39 is 5.97 Å². The van der Waals surface area contributed by atoms with Gasteiger partial charge in [0.05, 0.1) is 24.8 Å². The van der Waals surface area contributed by atoms with Crippen molar-refractivity contribution in [2.75, 3.05) is 13.7 Å². The maximum Gasteiger partial charge on any atom is 0.338 e. The van der Waals surface area contributed by atoms with E-state index in [-0.39, 0.29) is 11.5 Å². The van der Waals surface area contributed by atoms with E-state index >= 15 is 0 Å². The van der Waals surface area contributed by atoms with Crippen molar-refractivity contribution in [1.29, 1.82) is 0 Å². The van der Waals surface area contributed by atoms with Crippen LogP contribution in [0.4, 0.5) is 0 Å². The number of esters is 1. The average Bonchev–Trinajstić information content (AvgIpc) is 2.54. The van der Waals surface area contributed by atoms with Crippen molar-refractivity contribution in [3.8, 4) is 16.9 Å². The largest absolute Gasteiger partial charge is 0.496 e. The molecule has 2 aromatic carbocycles. The lowest BCUT2D eigenvalue weighted by Crippen LogP contribution is -2.04. The molecular weight excluding hydrogens is 284 g/mol. The quantitative estimate of drug-likeness (QED) is 0.858. The first-order chi connectivity index (χ1) is 10.6. The fraction of sp³-hybridized carbons (Fsp3) is 0.176. The van der Waals surface area contributed by atoms with Gasteiger partial charge in [0, 0.05) is 5.56 Å². The molecule has 0 amide bonds. The van der Waals surface area contributed by atoms with Crippen LogP contribution in [0.5, 0.6) is 5.75 Å². The molecule has 0 saturated carbocycles. The molecule has 0 aliphatic heterocycles. The Bertz CT molecular complexity index is 689. The van der Waals surface area contributed by atoms with E-state index in [0.29, 0.717) is 17.9 Å². The van der Waals surface area contributed by atoms with Crippen LogP contribution in [0, 0.1) is 0 Å². The Morgan fingerprint density at radius 3 is 2.23 bits per heavy atom. The van der Waals surface area contributed by atoms with Gasteiger partial charge < -0.3 is 14.6 Å². The molecular formula is C17H16O5. The number of rotatable bonds is 5. The summed E-state index contributed by atoms with van der Waals surface area (Å²) in [5.74, 6) is -0.923. The van der Waals surface area contributed by atoms with Crippen LogP contribution >= 0.6 is 0 Å². The molecule has 1 N–H and O–H groups in total. The van der Waals surface area contributed by atoms with Crippen LogP contribution in [-0.4, -0.2) is 30.8 Å². The van der Waals surface area contributed by atoms with Gasteiger partial charge in [-0.1, -0.05) is 12.1 Å². The molecule has 0 atom stereocenters. The second-order valence-corrected chi connectivity index (χ2v) is 4.52. The number of ether oxygens (including phenoxy) is 2. The van der Waals surface area contributed by atoms with Gasteiger partial charge in [0.25, 0.3) is 0 Å². The molecule has 2 aromatic rings. The lowest BCUT2D eigenvalue weighted by atomic mass is 10.0. The van der Waals surface area contributed by atoms with Crippen LogP contribution in [0.2, 0.25) is 0 Å². The van der Waals surface area contributed by atoms with E-state index in [0.717, 1.165) is 11.1 Å². The number of methoxy groups -OCH3 is 1. The monoisotopic (exact) mass is 300 g/mol. The lowest BCUT2D eigenvalue weighted by Gasteiger charge is -2.10. The summed E-state index contributed by atoms with van der Waals surface area (Å²) in [6, 6.07) is 11.5. The summed E-state index contributed by atoms with van der Waals surface area (Å²) in [6.07, 6.45) is 0. The molecule has 0 bridgehead atoms. The van der Waals surface area contributed by atoms with E-state index in [2.05, 4.69) is 0 Å². The molecule has 5 heteroatoms. The topological polar surface area (TPSA) is 72.8 Å². The third kappa shape index (κ3) is 3.25. The Hall–Kier alpha value is -2.82. The molecule has 114 valence electrons. The number of hydrogen-bond acceptors (Lipinski definition) is 4. The number of benzene rings is 2. The Labute approximate surface area is 128 Å². The average molecular weight is 300 g/mol. The molecule has 0 aliphatic rings. The molecule has 0 unspecified atom stereocenters. The second kappa shape index (κ2) is 6.76. The lowest BCUT2D eigenvalue weighted by molar-refractivity contribution is 0.0526. The van der Waals surface area contributed by atoms with E-state index in [1.807, 2.05) is 0 Å². The zero-order chi connectivity index (χ0) is 16.1. The Balaban J connectivity index is 2.35. The molecule has 0 fully saturated rings. The van der Waals surface area contributed by atoms with Crippen molar-refractivity contribution in [2.24, 2.45) is 0 Å². The van der Waals surface area contributed by atoms with Gasteiger partial charge in [-0.2, -0.15) is 0 Å². The van der Waals surface area contributed by atoms with Gasteiger partial charge in [-0.25, -0.2) is 9.59 Å². The zero-order valence-corrected chi connectivity index (χ0v) is 12.3. The SMILES string of the molecule is CCOC(=O)c1ccc(-c2ccc(C(=O)O)cc2OC)cc1. The van der Waals surface area contributed by atoms with E-state index in [1.54, 1.807) is 37.3 Å². The Morgan fingerprint density at radius 1 is 1.05 bits per heavy atom. The van der Waals surface area contributed by atoms with Crippen molar-refractivity contribution in [3.05, 3.63) is 53.6 Å². The summed E-state index contributed by atoms with van der Waals surface area (Å²) in [7, 11) is 1.48. The van der Waals surface area contributed by atoms with E-state index in [1.165, 1.54) is 19.2 Å². The molecule has 22 heavy (non-hydrogen) atoms. The second-order valence-electron chi connectivity index (χ2n) is 4.52. The number of carboxylic acids is 1. The Morgan fingerprint density at radius 2 is 1.68 bits per heavy atom. The van der Waals surface area contributed by atoms with Crippen LogP contribution in [0.25, 0.3) is 11.1 Å². The summed E-state index contributed by atoms with van der Waals surface area (Å²) >= 11 is 0. The summed E-state index contributed by atoms with van der Waals surface area (Å²) in [6.45, 7) is 2.08. The summed E-state index contributed by atoms with van der Waals surface area (Å²) < 4.78 is 10.2. The number of carboxylic acid groups (broad SMARTS) is 1. The molecule has 0 aliphatic carbocycles. The minimum atomic E-state index is -1.01. The first-order valence-electron chi connectivity index (χ1n) is 6.75. The molecule has 0 heterocycles. The smallest absolute Gasteiger partial charge is 0.338 e. The maximum atomic E-state index is 11.6. The van der Waals surface area contributed by atoms with Crippen molar-refractivity contribution in [3.63, 3.8) is 0 Å². The number of carbonyl (C=O) groups excluding carboxylic acids is 1. The van der Waals surface area contributed by atoms with E-state index in [4.69, 9.17) is 14.6 Å². The summed E-state index contributed by atoms with van der Waals surface area (Å²) in [5, 5.41) is 9.01. The van der Waals surface area contributed by atoms with Gasteiger partial charge in [-0.15, -0.1) is 0 Å². The fourth-order valence-electron chi connectivity index (χ4n) is 2.06. The van der Waals surface area contributed by atoms with Crippen LogP contribution in [-0.2, 0) is 4.74 Å². The standard InChI is InChI=1S/C17H16O5/c1-3-22-17(20)12-6-4-11(5-7-12)14-9-8-13(16(18)19)10-15(14)21-2/h4-10H,3H2,1-2H3,(H,18,19). The predicted molar refractivity (Wildman–Crippen MR) is 81.3 cm³/mol. The highest BCUT2D eigenvalue weighted by Crippen LogP contribution is 2.31. The molecule has 2 rings (SSSR count). The molecule has 0 aromatic heterocycles. The molecule has 0 saturated heterocycles. The minimum Gasteiger partial charge on any atom is -0.496 e. The van der Waals surface area contributed by atoms with Crippen LogP contribution in [0.3, 0.4) is 0 Å². The van der Waals surface area contributed by atoms with Gasteiger partial charge in [0.2, 0.25) is 0 Å². The van der Waals surface area contributed by atoms with Crippen molar-refractivity contribution in [1.82, 2.24) is 0 Å². The summed E-state index contributed by atoms with van der Waals surface area (Å²) in [5.41, 5.74) is 2.19. The van der Waals surface area contributed by atoms with Gasteiger partial charge in [-0.05, 0) is 42.8 Å². The normalized spacial score (nSPS) is 10.1. The first kappa shape index (κ1) is 15.6. The van der Waals surface area contributed by atoms with Crippen molar-refractivity contribution >= 4 is 11.9 Å². The van der Waals surface area contributed by atoms with Crippen molar-refractivity contribution in [2.45, 2.75) is 6.92 Å². The first-order valence-corrected chi connectivity index (χ1v) is 6.75. The van der Waals surface area contributed by atoms with Crippen LogP contribution in [0.15, 0.2) is 42.5 Å². The van der Waals surface area contributed by atoms with Gasteiger partial charge >= 0.3 is 11.9 Å². The third-order valence-electron chi connectivity index (χ3n) is 3.16. The number of carbonyl (C=O) groups is 2. The third-order valence-corrected chi connectivity index (χ3v) is 3.16. The van der Waals surface area contributed by atoms with Gasteiger partial charge in [-0.3, -0.25) is 0 Å². The number of hydrogen-bond donors (Lipinski definition) is 1. The molecule has 5 nitrogen and oxygen atoms in total. The molecule has 0 radical (unpaired) electrons. The highest BCUT2D eigenvalue weighted by molar-refractivity contribution is 5.91. The molecule has 0 spiro atoms. The zero-order valence-electron chi connectivity index (χ0n) is 12.3. The highest BCUT2D eigenvalue weighted by atomic mass is 16.5. The summed E-state index contributed by atoms with van der Waals surface area (Å²) in [4.78, 5) is 22.6. The fourth-order valence-corrected chi connectivity index (χ4v) is 2.06. The minimum absolute atomic E-state index is 0.156. The van der Waals surface area contributed by atoms with Crippen molar-refractivity contribution < 1.29 is 24.2 Å². The highest BCUT2D eigenvalue weighted by Gasteiger charge is 2.12. The van der Waals surface area contributed by atoms with Crippen LogP contribution in [0.1, 0.15) is 27.6 Å². The van der Waals surface area contributed by atoms with E-state index in [9.17, 15) is 9.59 Å². The van der Waals surface area contributed by atoms with Crippen LogP contribution < -0.4 is 4.74 Å². The number of aromatic carboxylic acids is 1. The maximum absolute atomic E-state index is 11.6. The predicted octanol–water partition coefficient (Wildman–Crippen LogP) is 3.24. The van der Waals surface area contributed by atoms with Gasteiger partial charge in [0.15, 0.2) is 0 Å².